The van der Waals surface area contributed by atoms with Gasteiger partial charge < -0.3 is 14.1 Å². The lowest BCUT2D eigenvalue weighted by Crippen LogP contribution is -2.43. The molecule has 0 radical (unpaired) electrons. The van der Waals surface area contributed by atoms with Gasteiger partial charge in [-0.1, -0.05) is 37.1 Å². The number of para-hydroxylation sites is 1. The zero-order chi connectivity index (χ0) is 21.2. The first-order valence-corrected chi connectivity index (χ1v) is 11.8. The van der Waals surface area contributed by atoms with Crippen molar-refractivity contribution in [3.63, 3.8) is 0 Å². The zero-order valence-electron chi connectivity index (χ0n) is 16.4. The van der Waals surface area contributed by atoms with Crippen LogP contribution in [0.5, 0.6) is 0 Å². The van der Waals surface area contributed by atoms with E-state index in [-0.39, 0.29) is 23.3 Å². The average Bonchev–Trinajstić information content (AvgIpc) is 3.21. The first-order valence-electron chi connectivity index (χ1n) is 9.58. The molecule has 0 aliphatic carbocycles. The first kappa shape index (κ1) is 21.6. The average molecular weight is 442 g/mol. The number of esters is 1. The lowest BCUT2D eigenvalue weighted by Gasteiger charge is -2.28. The van der Waals surface area contributed by atoms with Gasteiger partial charge in [0.25, 0.3) is 5.91 Å². The summed E-state index contributed by atoms with van der Waals surface area (Å²) in [6.45, 7) is 3.68. The molecular weight excluding hydrogens is 418 g/mol. The van der Waals surface area contributed by atoms with Crippen molar-refractivity contribution in [1.82, 2.24) is 4.90 Å². The molecule has 0 bridgehead atoms. The van der Waals surface area contributed by atoms with Crippen molar-refractivity contribution in [2.45, 2.75) is 39.2 Å². The van der Waals surface area contributed by atoms with Crippen LogP contribution in [-0.2, 0) is 19.4 Å². The molecule has 0 N–H and O–H groups in total. The Hall–Kier alpha value is -2.06. The number of halogens is 1. The lowest BCUT2D eigenvalue weighted by molar-refractivity contribution is -0.136. The van der Waals surface area contributed by atoms with E-state index in [4.69, 9.17) is 20.8 Å². The molecule has 1 unspecified atom stereocenters. The van der Waals surface area contributed by atoms with Crippen LogP contribution in [0.4, 0.5) is 0 Å². The third-order valence-electron chi connectivity index (χ3n) is 5.15. The van der Waals surface area contributed by atoms with Crippen LogP contribution in [0.3, 0.4) is 0 Å². The molecule has 7 nitrogen and oxygen atoms in total. The number of aryl methyl sites for hydroxylation is 1. The second-order valence-electron chi connectivity index (χ2n) is 7.25. The third kappa shape index (κ3) is 4.75. The van der Waals surface area contributed by atoms with Gasteiger partial charge in [0, 0.05) is 23.5 Å². The highest BCUT2D eigenvalue weighted by atomic mass is 35.5. The monoisotopic (exact) mass is 441 g/mol. The molecule has 3 rings (SSSR count). The van der Waals surface area contributed by atoms with E-state index in [9.17, 15) is 18.0 Å². The molecule has 0 saturated carbocycles. The maximum atomic E-state index is 12.7. The summed E-state index contributed by atoms with van der Waals surface area (Å²) in [4.78, 5) is 26.7. The number of benzene rings is 1. The van der Waals surface area contributed by atoms with Crippen molar-refractivity contribution < 1.29 is 27.2 Å². The maximum Gasteiger partial charge on any atom is 0.375 e. The Bertz CT molecular complexity index is 1030. The molecule has 1 aliphatic heterocycles. The number of amides is 1. The minimum atomic E-state index is -3.13. The third-order valence-corrected chi connectivity index (χ3v) is 7.20. The molecule has 2 aromatic rings. The number of carbonyl (C=O) groups is 2. The van der Waals surface area contributed by atoms with Gasteiger partial charge in [0.05, 0.1) is 16.5 Å². The van der Waals surface area contributed by atoms with Crippen molar-refractivity contribution in [1.29, 1.82) is 0 Å². The lowest BCUT2D eigenvalue weighted by atomic mass is 10.1. The van der Waals surface area contributed by atoms with Gasteiger partial charge >= 0.3 is 5.97 Å². The topological polar surface area (TPSA) is 93.9 Å². The van der Waals surface area contributed by atoms with Gasteiger partial charge in [-0.05, 0) is 25.8 Å². The van der Waals surface area contributed by atoms with Crippen LogP contribution >= 0.6 is 11.6 Å². The van der Waals surface area contributed by atoms with E-state index in [0.29, 0.717) is 34.5 Å². The SMILES string of the molecule is CCCCN(C(=O)COC(=O)c1oc2c(Cl)cccc2c1C)C1CCS(=O)(=O)C1. The fourth-order valence-corrected chi connectivity index (χ4v) is 5.48. The fourth-order valence-electron chi connectivity index (χ4n) is 3.54. The first-order chi connectivity index (χ1) is 13.7. The second kappa shape index (κ2) is 8.75. The largest absolute Gasteiger partial charge is 0.450 e. The van der Waals surface area contributed by atoms with E-state index in [0.717, 1.165) is 12.8 Å². The van der Waals surface area contributed by atoms with Gasteiger partial charge in [0.15, 0.2) is 22.0 Å². The van der Waals surface area contributed by atoms with E-state index < -0.39 is 28.3 Å². The van der Waals surface area contributed by atoms with Crippen molar-refractivity contribution in [2.24, 2.45) is 0 Å². The Morgan fingerprint density at radius 2 is 2.10 bits per heavy atom. The quantitative estimate of drug-likeness (QED) is 0.611. The number of furan rings is 1. The summed E-state index contributed by atoms with van der Waals surface area (Å²) in [5, 5.41) is 1.09. The minimum Gasteiger partial charge on any atom is -0.450 e. The molecule has 1 amide bonds. The normalized spacial score (nSPS) is 18.1. The highest BCUT2D eigenvalue weighted by Gasteiger charge is 2.34. The summed E-state index contributed by atoms with van der Waals surface area (Å²) in [5.41, 5.74) is 0.982. The standard InChI is InChI=1S/C20H24ClNO6S/c1-3-4-9-22(14-8-10-29(25,26)12-14)17(23)11-27-20(24)18-13(2)15-6-5-7-16(21)19(15)28-18/h5-7,14H,3-4,8-12H2,1-2H3. The number of hydrogen-bond acceptors (Lipinski definition) is 6. The summed E-state index contributed by atoms with van der Waals surface area (Å²) in [6.07, 6.45) is 2.02. The molecule has 158 valence electrons. The molecule has 1 aliphatic rings. The maximum absolute atomic E-state index is 12.7. The molecule has 0 spiro atoms. The number of hydrogen-bond donors (Lipinski definition) is 0. The number of carbonyl (C=O) groups excluding carboxylic acids is 2. The Morgan fingerprint density at radius 3 is 2.72 bits per heavy atom. The highest BCUT2D eigenvalue weighted by molar-refractivity contribution is 7.91. The van der Waals surface area contributed by atoms with Crippen molar-refractivity contribution in [2.75, 3.05) is 24.7 Å². The van der Waals surface area contributed by atoms with E-state index in [1.54, 1.807) is 25.1 Å². The van der Waals surface area contributed by atoms with Crippen molar-refractivity contribution in [3.8, 4) is 0 Å². The van der Waals surface area contributed by atoms with Crippen LogP contribution < -0.4 is 0 Å². The summed E-state index contributed by atoms with van der Waals surface area (Å²) in [5.74, 6) is -1.12. The predicted molar refractivity (Wildman–Crippen MR) is 110 cm³/mol. The Balaban J connectivity index is 1.70. The predicted octanol–water partition coefficient (Wildman–Crippen LogP) is 3.37. The number of sulfone groups is 1. The molecule has 1 aromatic carbocycles. The molecule has 9 heteroatoms. The Morgan fingerprint density at radius 1 is 1.34 bits per heavy atom. The van der Waals surface area contributed by atoms with Gasteiger partial charge in [-0.25, -0.2) is 13.2 Å². The van der Waals surface area contributed by atoms with Gasteiger partial charge in [-0.3, -0.25) is 4.79 Å². The van der Waals surface area contributed by atoms with E-state index in [1.807, 2.05) is 6.92 Å². The van der Waals surface area contributed by atoms with Gasteiger partial charge in [-0.2, -0.15) is 0 Å². The van der Waals surface area contributed by atoms with Gasteiger partial charge in [-0.15, -0.1) is 0 Å². The van der Waals surface area contributed by atoms with Crippen LogP contribution in [-0.4, -0.2) is 55.9 Å². The molecule has 2 heterocycles. The van der Waals surface area contributed by atoms with Crippen LogP contribution in [0.15, 0.2) is 22.6 Å². The smallest absolute Gasteiger partial charge is 0.375 e. The van der Waals surface area contributed by atoms with Crippen LogP contribution in [0, 0.1) is 6.92 Å². The van der Waals surface area contributed by atoms with Crippen LogP contribution in [0.1, 0.15) is 42.3 Å². The zero-order valence-corrected chi connectivity index (χ0v) is 18.0. The molecule has 1 aromatic heterocycles. The molecular formula is C20H24ClNO6S. The summed E-state index contributed by atoms with van der Waals surface area (Å²) in [7, 11) is -3.13. The number of unbranched alkanes of at least 4 members (excludes halogenated alkanes) is 1. The van der Waals surface area contributed by atoms with E-state index >= 15 is 0 Å². The highest BCUT2D eigenvalue weighted by Crippen LogP contribution is 2.31. The van der Waals surface area contributed by atoms with E-state index in [1.165, 1.54) is 4.90 Å². The van der Waals surface area contributed by atoms with E-state index in [2.05, 4.69) is 0 Å². The van der Waals surface area contributed by atoms with Crippen LogP contribution in [0.25, 0.3) is 11.0 Å². The van der Waals surface area contributed by atoms with Crippen molar-refractivity contribution in [3.05, 3.63) is 34.5 Å². The molecule has 1 fully saturated rings. The Kier molecular flexibility index (Phi) is 6.53. The number of rotatable bonds is 7. The molecule has 1 atom stereocenters. The summed E-state index contributed by atoms with van der Waals surface area (Å²) < 4.78 is 34.4. The number of fused-ring (bicyclic) bond motifs is 1. The van der Waals surface area contributed by atoms with Crippen molar-refractivity contribution >= 4 is 44.3 Å². The summed E-state index contributed by atoms with van der Waals surface area (Å²) in [6, 6.07) is 4.83. The number of ether oxygens (including phenoxy) is 1. The molecule has 29 heavy (non-hydrogen) atoms. The fraction of sp³-hybridized carbons (Fsp3) is 0.500. The van der Waals surface area contributed by atoms with Crippen LogP contribution in [0.2, 0.25) is 5.02 Å². The van der Waals surface area contributed by atoms with Gasteiger partial charge in [0.2, 0.25) is 5.76 Å². The molecule has 1 saturated heterocycles. The Labute approximate surface area is 174 Å². The van der Waals surface area contributed by atoms with Gasteiger partial charge in [0.1, 0.15) is 0 Å². The summed E-state index contributed by atoms with van der Waals surface area (Å²) >= 11 is 6.10. The minimum absolute atomic E-state index is 0.00412. The second-order valence-corrected chi connectivity index (χ2v) is 9.88. The number of nitrogens with zero attached hydrogens (tertiary/aromatic N) is 1.